The number of hydrogen-bond acceptors (Lipinski definition) is 4. The molecule has 0 unspecified atom stereocenters. The van der Waals surface area contributed by atoms with Crippen LogP contribution in [0.1, 0.15) is 11.1 Å². The third-order valence-electron chi connectivity index (χ3n) is 2.36. The van der Waals surface area contributed by atoms with Crippen molar-refractivity contribution in [3.8, 4) is 23.6 Å². The predicted molar refractivity (Wildman–Crippen MR) is 66.8 cm³/mol. The highest BCUT2D eigenvalue weighted by molar-refractivity contribution is 5.57. The lowest BCUT2D eigenvalue weighted by molar-refractivity contribution is 0.483. The van der Waals surface area contributed by atoms with Gasteiger partial charge in [0.25, 0.3) is 0 Å². The average Bonchev–Trinajstić information content (AvgIpc) is 2.40. The van der Waals surface area contributed by atoms with Crippen molar-refractivity contribution in [2.45, 2.75) is 0 Å². The molecule has 4 nitrogen and oxygen atoms in total. The Hall–Kier alpha value is -2.98. The minimum atomic E-state index is 0.378. The number of anilines is 1. The van der Waals surface area contributed by atoms with Crippen LogP contribution in [0.5, 0.6) is 11.5 Å². The van der Waals surface area contributed by atoms with Gasteiger partial charge in [-0.3, -0.25) is 0 Å². The molecule has 0 saturated carbocycles. The van der Waals surface area contributed by atoms with Gasteiger partial charge in [-0.25, -0.2) is 0 Å². The van der Waals surface area contributed by atoms with Crippen molar-refractivity contribution in [2.24, 2.45) is 0 Å². The molecule has 0 aromatic heterocycles. The number of benzene rings is 2. The molecule has 0 aliphatic heterocycles. The van der Waals surface area contributed by atoms with Crippen LogP contribution < -0.4 is 10.5 Å². The Balaban J connectivity index is 2.21. The second-order valence-corrected chi connectivity index (χ2v) is 3.60. The van der Waals surface area contributed by atoms with E-state index in [1.807, 2.05) is 12.1 Å². The summed E-state index contributed by atoms with van der Waals surface area (Å²) >= 11 is 0. The molecule has 0 spiro atoms. The fourth-order valence-electron chi connectivity index (χ4n) is 1.44. The Morgan fingerprint density at radius 1 is 0.889 bits per heavy atom. The van der Waals surface area contributed by atoms with Crippen LogP contribution in [0.4, 0.5) is 5.69 Å². The summed E-state index contributed by atoms with van der Waals surface area (Å²) in [5.41, 5.74) is 7.05. The molecule has 0 bridgehead atoms. The first-order valence-electron chi connectivity index (χ1n) is 5.20. The molecule has 0 amide bonds. The number of nitrogen functional groups attached to an aromatic ring is 1. The number of rotatable bonds is 2. The van der Waals surface area contributed by atoms with E-state index in [0.29, 0.717) is 28.3 Å². The highest BCUT2D eigenvalue weighted by atomic mass is 16.5. The summed E-state index contributed by atoms with van der Waals surface area (Å²) in [5, 5.41) is 17.4. The Kier molecular flexibility index (Phi) is 3.13. The van der Waals surface area contributed by atoms with Crippen LogP contribution in [0, 0.1) is 22.7 Å². The van der Waals surface area contributed by atoms with E-state index in [1.165, 1.54) is 0 Å². The van der Waals surface area contributed by atoms with Gasteiger partial charge in [-0.1, -0.05) is 0 Å². The maximum Gasteiger partial charge on any atom is 0.129 e. The molecule has 2 rings (SSSR count). The van der Waals surface area contributed by atoms with Crippen LogP contribution in [0.15, 0.2) is 42.5 Å². The number of hydrogen-bond donors (Lipinski definition) is 1. The highest BCUT2D eigenvalue weighted by Crippen LogP contribution is 2.25. The van der Waals surface area contributed by atoms with Crippen LogP contribution in [-0.2, 0) is 0 Å². The van der Waals surface area contributed by atoms with Crippen molar-refractivity contribution in [3.63, 3.8) is 0 Å². The van der Waals surface area contributed by atoms with Gasteiger partial charge in [0.05, 0.1) is 22.9 Å². The van der Waals surface area contributed by atoms with Crippen molar-refractivity contribution in [2.75, 3.05) is 5.73 Å². The van der Waals surface area contributed by atoms with Crippen molar-refractivity contribution >= 4 is 5.69 Å². The van der Waals surface area contributed by atoms with Crippen LogP contribution in [0.3, 0.4) is 0 Å². The van der Waals surface area contributed by atoms with E-state index in [1.54, 1.807) is 42.5 Å². The summed E-state index contributed by atoms with van der Waals surface area (Å²) in [7, 11) is 0. The van der Waals surface area contributed by atoms with Gasteiger partial charge in [0, 0.05) is 6.07 Å². The Morgan fingerprint density at radius 3 is 2.11 bits per heavy atom. The Bertz CT molecular complexity index is 648. The van der Waals surface area contributed by atoms with Gasteiger partial charge in [0.15, 0.2) is 0 Å². The predicted octanol–water partition coefficient (Wildman–Crippen LogP) is 2.80. The molecule has 0 fully saturated rings. The van der Waals surface area contributed by atoms with Gasteiger partial charge in [-0.2, -0.15) is 10.5 Å². The topological polar surface area (TPSA) is 82.8 Å². The fourth-order valence-corrected chi connectivity index (χ4v) is 1.44. The fraction of sp³-hybridized carbons (Fsp3) is 0. The molecule has 0 aliphatic rings. The van der Waals surface area contributed by atoms with Crippen LogP contribution in [0.25, 0.3) is 0 Å². The van der Waals surface area contributed by atoms with Crippen LogP contribution >= 0.6 is 0 Å². The monoisotopic (exact) mass is 235 g/mol. The molecule has 86 valence electrons. The summed E-state index contributed by atoms with van der Waals surface area (Å²) < 4.78 is 5.56. The molecule has 0 aliphatic carbocycles. The number of nitriles is 2. The zero-order valence-corrected chi connectivity index (χ0v) is 9.42. The SMILES string of the molecule is N#Cc1ccc(Oc2ccc(C#N)c(N)c2)cc1. The Labute approximate surface area is 104 Å². The zero-order valence-electron chi connectivity index (χ0n) is 9.42. The van der Waals surface area contributed by atoms with Gasteiger partial charge < -0.3 is 10.5 Å². The molecule has 0 saturated heterocycles. The van der Waals surface area contributed by atoms with E-state index in [-0.39, 0.29) is 0 Å². The van der Waals surface area contributed by atoms with Crippen molar-refractivity contribution in [1.29, 1.82) is 10.5 Å². The lowest BCUT2D eigenvalue weighted by Crippen LogP contribution is -1.91. The van der Waals surface area contributed by atoms with E-state index in [2.05, 4.69) is 0 Å². The number of ether oxygens (including phenoxy) is 1. The largest absolute Gasteiger partial charge is 0.457 e. The standard InChI is InChI=1S/C14H9N3O/c15-8-10-1-4-12(5-2-10)18-13-6-3-11(9-16)14(17)7-13/h1-7H,17H2. The van der Waals surface area contributed by atoms with E-state index >= 15 is 0 Å². The molecular weight excluding hydrogens is 226 g/mol. The molecule has 18 heavy (non-hydrogen) atoms. The average molecular weight is 235 g/mol. The lowest BCUT2D eigenvalue weighted by Gasteiger charge is -2.06. The highest BCUT2D eigenvalue weighted by Gasteiger charge is 2.02. The quantitative estimate of drug-likeness (QED) is 0.811. The van der Waals surface area contributed by atoms with Gasteiger partial charge in [0.2, 0.25) is 0 Å². The zero-order chi connectivity index (χ0) is 13.0. The molecule has 0 heterocycles. The minimum absolute atomic E-state index is 0.378. The van der Waals surface area contributed by atoms with Gasteiger partial charge in [0.1, 0.15) is 17.6 Å². The van der Waals surface area contributed by atoms with E-state index in [4.69, 9.17) is 21.0 Å². The van der Waals surface area contributed by atoms with Gasteiger partial charge >= 0.3 is 0 Å². The molecule has 0 atom stereocenters. The second-order valence-electron chi connectivity index (χ2n) is 3.60. The normalized spacial score (nSPS) is 9.22. The first kappa shape index (κ1) is 11.5. The van der Waals surface area contributed by atoms with Gasteiger partial charge in [-0.15, -0.1) is 0 Å². The second kappa shape index (κ2) is 4.90. The molecule has 4 heteroatoms. The number of nitrogens with two attached hydrogens (primary N) is 1. The van der Waals surface area contributed by atoms with Gasteiger partial charge in [-0.05, 0) is 36.4 Å². The van der Waals surface area contributed by atoms with Crippen molar-refractivity contribution in [3.05, 3.63) is 53.6 Å². The maximum atomic E-state index is 8.76. The molecule has 2 aromatic rings. The van der Waals surface area contributed by atoms with E-state index in [9.17, 15) is 0 Å². The summed E-state index contributed by atoms with van der Waals surface area (Å²) in [6.07, 6.45) is 0. The summed E-state index contributed by atoms with van der Waals surface area (Å²) in [5.74, 6) is 1.16. The Morgan fingerprint density at radius 2 is 1.56 bits per heavy atom. The third kappa shape index (κ3) is 2.40. The van der Waals surface area contributed by atoms with Crippen molar-refractivity contribution < 1.29 is 4.74 Å². The summed E-state index contributed by atoms with van der Waals surface area (Å²) in [6, 6.07) is 15.6. The molecule has 2 aromatic carbocycles. The molecule has 2 N–H and O–H groups in total. The summed E-state index contributed by atoms with van der Waals surface area (Å²) in [4.78, 5) is 0. The molecular formula is C14H9N3O. The summed E-state index contributed by atoms with van der Waals surface area (Å²) in [6.45, 7) is 0. The smallest absolute Gasteiger partial charge is 0.129 e. The third-order valence-corrected chi connectivity index (χ3v) is 2.36. The van der Waals surface area contributed by atoms with Crippen LogP contribution in [0.2, 0.25) is 0 Å². The number of nitrogens with zero attached hydrogens (tertiary/aromatic N) is 2. The minimum Gasteiger partial charge on any atom is -0.457 e. The lowest BCUT2D eigenvalue weighted by atomic mass is 10.2. The first-order valence-corrected chi connectivity index (χ1v) is 5.20. The molecule has 0 radical (unpaired) electrons. The first-order chi connectivity index (χ1) is 8.72. The van der Waals surface area contributed by atoms with Crippen molar-refractivity contribution in [1.82, 2.24) is 0 Å². The van der Waals surface area contributed by atoms with Crippen LogP contribution in [-0.4, -0.2) is 0 Å². The van der Waals surface area contributed by atoms with E-state index in [0.717, 1.165) is 0 Å². The van der Waals surface area contributed by atoms with E-state index < -0.39 is 0 Å². The maximum absolute atomic E-state index is 8.76.